The minimum Gasteiger partial charge on any atom is -0.324 e. The second-order valence-electron chi connectivity index (χ2n) is 4.06. The highest BCUT2D eigenvalue weighted by Crippen LogP contribution is 2.31. The topological polar surface area (TPSA) is 64.9 Å². The largest absolute Gasteiger partial charge is 0.324 e. The molecule has 1 aromatic carbocycles. The molecule has 2 N–H and O–H groups in total. The summed E-state index contributed by atoms with van der Waals surface area (Å²) < 4.78 is 0. The molecule has 0 radical (unpaired) electrons. The Hall–Kier alpha value is -1.86. The van der Waals surface area contributed by atoms with Crippen molar-refractivity contribution in [3.63, 3.8) is 0 Å². The SMILES string of the molecule is CCc1ccc2c(c1)C(NCCC#N)C(=O)N2. The molecule has 0 bridgehead atoms. The Labute approximate surface area is 101 Å². The average molecular weight is 229 g/mol. The number of aryl methyl sites for hydroxylation is 1. The summed E-state index contributed by atoms with van der Waals surface area (Å²) in [7, 11) is 0. The number of nitrogens with zero attached hydrogens (tertiary/aromatic N) is 1. The summed E-state index contributed by atoms with van der Waals surface area (Å²) in [6, 6.07) is 7.76. The van der Waals surface area contributed by atoms with Crippen LogP contribution < -0.4 is 10.6 Å². The third kappa shape index (κ3) is 2.29. The third-order valence-electron chi connectivity index (χ3n) is 2.94. The zero-order chi connectivity index (χ0) is 12.3. The first-order valence-electron chi connectivity index (χ1n) is 5.80. The molecule has 0 aliphatic carbocycles. The molecular weight excluding hydrogens is 214 g/mol. The quantitative estimate of drug-likeness (QED) is 0.773. The lowest BCUT2D eigenvalue weighted by Gasteiger charge is -2.10. The molecule has 17 heavy (non-hydrogen) atoms. The van der Waals surface area contributed by atoms with E-state index in [-0.39, 0.29) is 11.9 Å². The Bertz CT molecular complexity index is 476. The third-order valence-corrected chi connectivity index (χ3v) is 2.94. The summed E-state index contributed by atoms with van der Waals surface area (Å²) in [6.45, 7) is 2.62. The Kier molecular flexibility index (Phi) is 3.40. The zero-order valence-corrected chi connectivity index (χ0v) is 9.79. The summed E-state index contributed by atoms with van der Waals surface area (Å²) in [5.74, 6) is -0.0359. The molecule has 1 unspecified atom stereocenters. The van der Waals surface area contributed by atoms with E-state index < -0.39 is 0 Å². The first-order chi connectivity index (χ1) is 8.26. The molecule has 88 valence electrons. The number of carbonyl (C=O) groups excluding carboxylic acids is 1. The van der Waals surface area contributed by atoms with Gasteiger partial charge in [0, 0.05) is 24.2 Å². The molecule has 4 nitrogen and oxygen atoms in total. The summed E-state index contributed by atoms with van der Waals surface area (Å²) >= 11 is 0. The molecule has 0 aromatic heterocycles. The number of benzene rings is 1. The molecule has 2 rings (SSSR count). The molecule has 0 saturated heterocycles. The Balaban J connectivity index is 2.19. The lowest BCUT2D eigenvalue weighted by molar-refractivity contribution is -0.117. The normalized spacial score (nSPS) is 17.4. The van der Waals surface area contributed by atoms with Gasteiger partial charge < -0.3 is 10.6 Å². The van der Waals surface area contributed by atoms with Gasteiger partial charge in [-0.3, -0.25) is 4.79 Å². The van der Waals surface area contributed by atoms with Crippen LogP contribution in [0.25, 0.3) is 0 Å². The van der Waals surface area contributed by atoms with Crippen molar-refractivity contribution in [2.24, 2.45) is 0 Å². The number of nitriles is 1. The molecule has 4 heteroatoms. The zero-order valence-electron chi connectivity index (χ0n) is 9.79. The number of rotatable bonds is 4. The number of carbonyl (C=O) groups is 1. The van der Waals surface area contributed by atoms with Gasteiger partial charge in [-0.1, -0.05) is 19.1 Å². The first kappa shape index (κ1) is 11.6. The van der Waals surface area contributed by atoms with E-state index in [1.807, 2.05) is 12.1 Å². The van der Waals surface area contributed by atoms with Crippen LogP contribution in [0.2, 0.25) is 0 Å². The number of hydrogen-bond donors (Lipinski definition) is 2. The van der Waals surface area contributed by atoms with Gasteiger partial charge in [0.05, 0.1) is 6.07 Å². The lowest BCUT2D eigenvalue weighted by Crippen LogP contribution is -2.28. The fourth-order valence-electron chi connectivity index (χ4n) is 2.01. The maximum atomic E-state index is 11.8. The maximum absolute atomic E-state index is 11.8. The van der Waals surface area contributed by atoms with Crippen LogP contribution in [0.4, 0.5) is 5.69 Å². The van der Waals surface area contributed by atoms with Gasteiger partial charge in [0.2, 0.25) is 5.91 Å². The number of amides is 1. The standard InChI is InChI=1S/C13H15N3O/c1-2-9-4-5-11-10(8-9)12(13(17)16-11)15-7-3-6-14/h4-5,8,12,15H,2-3,7H2,1H3,(H,16,17). The van der Waals surface area contributed by atoms with Crippen molar-refractivity contribution in [3.8, 4) is 6.07 Å². The van der Waals surface area contributed by atoms with E-state index in [2.05, 4.69) is 29.7 Å². The van der Waals surface area contributed by atoms with Gasteiger partial charge in [-0.15, -0.1) is 0 Å². The van der Waals surface area contributed by atoms with E-state index >= 15 is 0 Å². The Morgan fingerprint density at radius 2 is 2.35 bits per heavy atom. The van der Waals surface area contributed by atoms with Gasteiger partial charge in [0.15, 0.2) is 0 Å². The number of hydrogen-bond acceptors (Lipinski definition) is 3. The monoisotopic (exact) mass is 229 g/mol. The van der Waals surface area contributed by atoms with Crippen molar-refractivity contribution in [3.05, 3.63) is 29.3 Å². The molecule has 1 aromatic rings. The molecule has 1 aliphatic rings. The summed E-state index contributed by atoms with van der Waals surface area (Å²) in [4.78, 5) is 11.8. The molecule has 1 atom stereocenters. The Morgan fingerprint density at radius 3 is 3.06 bits per heavy atom. The highest BCUT2D eigenvalue weighted by atomic mass is 16.2. The molecule has 0 saturated carbocycles. The van der Waals surface area contributed by atoms with Crippen molar-refractivity contribution in [2.75, 3.05) is 11.9 Å². The van der Waals surface area contributed by atoms with Crippen LogP contribution in [0.1, 0.15) is 30.5 Å². The van der Waals surface area contributed by atoms with Crippen molar-refractivity contribution in [1.29, 1.82) is 5.26 Å². The first-order valence-corrected chi connectivity index (χ1v) is 5.80. The van der Waals surface area contributed by atoms with Crippen LogP contribution in [0, 0.1) is 11.3 Å². The van der Waals surface area contributed by atoms with Crippen LogP contribution in [0.15, 0.2) is 18.2 Å². The number of nitrogens with one attached hydrogen (secondary N) is 2. The molecule has 1 heterocycles. The molecule has 1 aliphatic heterocycles. The second kappa shape index (κ2) is 4.98. The summed E-state index contributed by atoms with van der Waals surface area (Å²) in [5, 5.41) is 14.4. The van der Waals surface area contributed by atoms with Crippen LogP contribution in [-0.2, 0) is 11.2 Å². The van der Waals surface area contributed by atoms with Crippen molar-refractivity contribution in [2.45, 2.75) is 25.8 Å². The van der Waals surface area contributed by atoms with Gasteiger partial charge in [0.1, 0.15) is 6.04 Å². The molecule has 1 amide bonds. The van der Waals surface area contributed by atoms with Gasteiger partial charge in [-0.05, 0) is 18.1 Å². The highest BCUT2D eigenvalue weighted by molar-refractivity contribution is 6.02. The molecule has 0 spiro atoms. The number of anilines is 1. The van der Waals surface area contributed by atoms with Gasteiger partial charge in [0.25, 0.3) is 0 Å². The number of fused-ring (bicyclic) bond motifs is 1. The predicted molar refractivity (Wildman–Crippen MR) is 65.4 cm³/mol. The van der Waals surface area contributed by atoms with E-state index in [9.17, 15) is 4.79 Å². The van der Waals surface area contributed by atoms with Crippen molar-refractivity contribution >= 4 is 11.6 Å². The van der Waals surface area contributed by atoms with E-state index in [1.54, 1.807) is 0 Å². The fourth-order valence-corrected chi connectivity index (χ4v) is 2.01. The molecular formula is C13H15N3O. The van der Waals surface area contributed by atoms with Crippen LogP contribution in [-0.4, -0.2) is 12.5 Å². The van der Waals surface area contributed by atoms with Gasteiger partial charge in [-0.25, -0.2) is 0 Å². The predicted octanol–water partition coefficient (Wildman–Crippen LogP) is 1.75. The van der Waals surface area contributed by atoms with E-state index in [0.717, 1.165) is 17.7 Å². The minimum atomic E-state index is -0.315. The van der Waals surface area contributed by atoms with Crippen LogP contribution in [0.5, 0.6) is 0 Å². The van der Waals surface area contributed by atoms with E-state index in [1.165, 1.54) is 5.56 Å². The van der Waals surface area contributed by atoms with E-state index in [4.69, 9.17) is 5.26 Å². The minimum absolute atomic E-state index is 0.0359. The van der Waals surface area contributed by atoms with Gasteiger partial charge in [-0.2, -0.15) is 5.26 Å². The second-order valence-corrected chi connectivity index (χ2v) is 4.06. The van der Waals surface area contributed by atoms with E-state index in [0.29, 0.717) is 13.0 Å². The highest BCUT2D eigenvalue weighted by Gasteiger charge is 2.29. The van der Waals surface area contributed by atoms with Crippen LogP contribution in [0.3, 0.4) is 0 Å². The van der Waals surface area contributed by atoms with Crippen molar-refractivity contribution in [1.82, 2.24) is 5.32 Å². The maximum Gasteiger partial charge on any atom is 0.246 e. The summed E-state index contributed by atoms with van der Waals surface area (Å²) in [6.07, 6.45) is 1.36. The Morgan fingerprint density at radius 1 is 1.53 bits per heavy atom. The summed E-state index contributed by atoms with van der Waals surface area (Å²) in [5.41, 5.74) is 3.08. The van der Waals surface area contributed by atoms with Crippen molar-refractivity contribution < 1.29 is 4.79 Å². The van der Waals surface area contributed by atoms with Crippen LogP contribution >= 0.6 is 0 Å². The lowest BCUT2D eigenvalue weighted by atomic mass is 10.0. The average Bonchev–Trinajstić information content (AvgIpc) is 2.65. The smallest absolute Gasteiger partial charge is 0.246 e. The molecule has 0 fully saturated rings. The van der Waals surface area contributed by atoms with Gasteiger partial charge >= 0.3 is 0 Å². The fraction of sp³-hybridized carbons (Fsp3) is 0.385.